The Morgan fingerprint density at radius 1 is 1.50 bits per heavy atom. The summed E-state index contributed by atoms with van der Waals surface area (Å²) < 4.78 is 0.640. The molecule has 1 saturated heterocycles. The van der Waals surface area contributed by atoms with Gasteiger partial charge in [0.1, 0.15) is 10.1 Å². The third-order valence-electron chi connectivity index (χ3n) is 3.32. The summed E-state index contributed by atoms with van der Waals surface area (Å²) in [7, 11) is 0. The van der Waals surface area contributed by atoms with Crippen molar-refractivity contribution in [3.8, 4) is 0 Å². The number of aromatic nitrogens is 1. The molecule has 1 aromatic rings. The van der Waals surface area contributed by atoms with Gasteiger partial charge in [-0.3, -0.25) is 4.79 Å². The van der Waals surface area contributed by atoms with Crippen LogP contribution in [-0.2, 0) is 4.79 Å². The maximum Gasteiger partial charge on any atom is 0.329 e. The standard InChI is InChI=1S/C12H13BrN2O3/c1-12(11(17)18)5-2-6-15(12)10(16)8-3-4-9(13)14-7-8/h3-4,7H,2,5-6H2,1H3,(H,17,18). The number of hydrogen-bond donors (Lipinski definition) is 1. The molecule has 1 fully saturated rings. The number of pyridine rings is 1. The zero-order valence-electron chi connectivity index (χ0n) is 9.89. The molecule has 0 bridgehead atoms. The molecular formula is C12H13BrN2O3. The van der Waals surface area contributed by atoms with Crippen LogP contribution < -0.4 is 0 Å². The molecule has 2 heterocycles. The molecule has 1 aliphatic rings. The molecule has 0 aromatic carbocycles. The molecule has 1 N–H and O–H groups in total. The lowest BCUT2D eigenvalue weighted by Crippen LogP contribution is -2.50. The van der Waals surface area contributed by atoms with E-state index in [1.807, 2.05) is 0 Å². The number of carbonyl (C=O) groups is 2. The Morgan fingerprint density at radius 2 is 2.22 bits per heavy atom. The van der Waals surface area contributed by atoms with Gasteiger partial charge in [-0.1, -0.05) is 0 Å². The zero-order chi connectivity index (χ0) is 13.3. The topological polar surface area (TPSA) is 70.5 Å². The second-order valence-electron chi connectivity index (χ2n) is 4.51. The second kappa shape index (κ2) is 4.68. The predicted molar refractivity (Wildman–Crippen MR) is 68.2 cm³/mol. The van der Waals surface area contributed by atoms with Gasteiger partial charge in [0.15, 0.2) is 0 Å². The number of carboxylic acid groups (broad SMARTS) is 1. The van der Waals surface area contributed by atoms with Crippen molar-refractivity contribution in [2.45, 2.75) is 25.3 Å². The monoisotopic (exact) mass is 312 g/mol. The summed E-state index contributed by atoms with van der Waals surface area (Å²) in [6, 6.07) is 3.31. The minimum Gasteiger partial charge on any atom is -0.480 e. The summed E-state index contributed by atoms with van der Waals surface area (Å²) in [5, 5.41) is 9.27. The number of likely N-dealkylation sites (tertiary alicyclic amines) is 1. The van der Waals surface area contributed by atoms with E-state index < -0.39 is 11.5 Å². The van der Waals surface area contributed by atoms with Gasteiger partial charge in [0.25, 0.3) is 5.91 Å². The molecule has 18 heavy (non-hydrogen) atoms. The van der Waals surface area contributed by atoms with Gasteiger partial charge >= 0.3 is 5.97 Å². The molecule has 2 rings (SSSR count). The Hall–Kier alpha value is -1.43. The average molecular weight is 313 g/mol. The molecule has 1 aromatic heterocycles. The Labute approximate surface area is 113 Å². The quantitative estimate of drug-likeness (QED) is 0.847. The van der Waals surface area contributed by atoms with E-state index in [-0.39, 0.29) is 5.91 Å². The van der Waals surface area contributed by atoms with Gasteiger partial charge in [-0.2, -0.15) is 0 Å². The summed E-state index contributed by atoms with van der Waals surface area (Å²) in [4.78, 5) is 29.0. The normalized spacial score (nSPS) is 23.1. The van der Waals surface area contributed by atoms with E-state index in [0.29, 0.717) is 29.6 Å². The smallest absolute Gasteiger partial charge is 0.329 e. The Kier molecular flexibility index (Phi) is 3.38. The van der Waals surface area contributed by atoms with Crippen molar-refractivity contribution < 1.29 is 14.7 Å². The Morgan fingerprint density at radius 3 is 2.78 bits per heavy atom. The molecule has 1 unspecified atom stereocenters. The molecule has 0 spiro atoms. The predicted octanol–water partition coefficient (Wildman–Crippen LogP) is 1.92. The van der Waals surface area contributed by atoms with Crippen LogP contribution in [-0.4, -0.2) is 39.0 Å². The van der Waals surface area contributed by atoms with Crippen LogP contribution in [0.15, 0.2) is 22.9 Å². The first-order chi connectivity index (χ1) is 8.45. The number of rotatable bonds is 2. The van der Waals surface area contributed by atoms with E-state index in [1.165, 1.54) is 11.1 Å². The summed E-state index contributed by atoms with van der Waals surface area (Å²) in [5.41, 5.74) is -0.697. The van der Waals surface area contributed by atoms with Gasteiger partial charge < -0.3 is 10.0 Å². The van der Waals surface area contributed by atoms with Crippen LogP contribution >= 0.6 is 15.9 Å². The van der Waals surface area contributed by atoms with Crippen LogP contribution in [0.2, 0.25) is 0 Å². The molecule has 0 saturated carbocycles. The van der Waals surface area contributed by atoms with E-state index in [0.717, 1.165) is 0 Å². The van der Waals surface area contributed by atoms with Crippen LogP contribution in [0.5, 0.6) is 0 Å². The number of amides is 1. The highest BCUT2D eigenvalue weighted by Crippen LogP contribution is 2.30. The van der Waals surface area contributed by atoms with Gasteiger partial charge in [-0.15, -0.1) is 0 Å². The van der Waals surface area contributed by atoms with E-state index >= 15 is 0 Å². The van der Waals surface area contributed by atoms with Crippen molar-refractivity contribution in [2.75, 3.05) is 6.54 Å². The molecule has 1 aliphatic heterocycles. The highest BCUT2D eigenvalue weighted by molar-refractivity contribution is 9.10. The maximum absolute atomic E-state index is 12.3. The van der Waals surface area contributed by atoms with Crippen LogP contribution in [0.3, 0.4) is 0 Å². The van der Waals surface area contributed by atoms with E-state index in [1.54, 1.807) is 19.1 Å². The first kappa shape index (κ1) is 13.0. The number of carboxylic acids is 1. The first-order valence-corrected chi connectivity index (χ1v) is 6.41. The summed E-state index contributed by atoms with van der Waals surface area (Å²) in [6.45, 7) is 2.06. The zero-order valence-corrected chi connectivity index (χ0v) is 11.5. The highest BCUT2D eigenvalue weighted by Gasteiger charge is 2.46. The van der Waals surface area contributed by atoms with Crippen molar-refractivity contribution >= 4 is 27.8 Å². The van der Waals surface area contributed by atoms with Gasteiger partial charge in [0.2, 0.25) is 0 Å². The number of carbonyl (C=O) groups excluding carboxylic acids is 1. The molecule has 0 aliphatic carbocycles. The van der Waals surface area contributed by atoms with Crippen LogP contribution in [0.4, 0.5) is 0 Å². The number of halogens is 1. The summed E-state index contributed by atoms with van der Waals surface area (Å²) >= 11 is 3.19. The first-order valence-electron chi connectivity index (χ1n) is 5.62. The largest absolute Gasteiger partial charge is 0.480 e. The Balaban J connectivity index is 2.28. The third-order valence-corrected chi connectivity index (χ3v) is 3.79. The van der Waals surface area contributed by atoms with Crippen molar-refractivity contribution in [3.63, 3.8) is 0 Å². The lowest BCUT2D eigenvalue weighted by Gasteiger charge is -2.31. The van der Waals surface area contributed by atoms with Gasteiger partial charge in [-0.25, -0.2) is 9.78 Å². The minimum atomic E-state index is -1.11. The van der Waals surface area contributed by atoms with Crippen molar-refractivity contribution in [3.05, 3.63) is 28.5 Å². The van der Waals surface area contributed by atoms with E-state index in [2.05, 4.69) is 20.9 Å². The van der Waals surface area contributed by atoms with Gasteiger partial charge in [0.05, 0.1) is 5.56 Å². The summed E-state index contributed by atoms with van der Waals surface area (Å²) in [6.07, 6.45) is 2.64. The van der Waals surface area contributed by atoms with Crippen LogP contribution in [0.25, 0.3) is 0 Å². The SMILES string of the molecule is CC1(C(=O)O)CCCN1C(=O)c1ccc(Br)nc1. The fourth-order valence-corrected chi connectivity index (χ4v) is 2.40. The molecule has 5 nitrogen and oxygen atoms in total. The lowest BCUT2D eigenvalue weighted by atomic mass is 9.99. The second-order valence-corrected chi connectivity index (χ2v) is 5.32. The van der Waals surface area contributed by atoms with Crippen molar-refractivity contribution in [2.24, 2.45) is 0 Å². The minimum absolute atomic E-state index is 0.280. The number of nitrogens with zero attached hydrogens (tertiary/aromatic N) is 2. The van der Waals surface area contributed by atoms with Gasteiger partial charge in [-0.05, 0) is 47.8 Å². The third kappa shape index (κ3) is 2.12. The van der Waals surface area contributed by atoms with E-state index in [9.17, 15) is 14.7 Å². The van der Waals surface area contributed by atoms with E-state index in [4.69, 9.17) is 0 Å². The Bertz CT molecular complexity index is 489. The van der Waals surface area contributed by atoms with Gasteiger partial charge in [0, 0.05) is 12.7 Å². The summed E-state index contributed by atoms with van der Waals surface area (Å²) in [5.74, 6) is -1.24. The van der Waals surface area contributed by atoms with Crippen LogP contribution in [0, 0.1) is 0 Å². The molecular weight excluding hydrogens is 300 g/mol. The highest BCUT2D eigenvalue weighted by atomic mass is 79.9. The number of hydrogen-bond acceptors (Lipinski definition) is 3. The molecule has 0 radical (unpaired) electrons. The average Bonchev–Trinajstić information content (AvgIpc) is 2.73. The fraction of sp³-hybridized carbons (Fsp3) is 0.417. The maximum atomic E-state index is 12.3. The molecule has 1 amide bonds. The molecule has 1 atom stereocenters. The van der Waals surface area contributed by atoms with Crippen LogP contribution in [0.1, 0.15) is 30.1 Å². The van der Waals surface area contributed by atoms with Crippen molar-refractivity contribution in [1.82, 2.24) is 9.88 Å². The fourth-order valence-electron chi connectivity index (χ4n) is 2.17. The number of aliphatic carboxylic acids is 1. The molecule has 96 valence electrons. The van der Waals surface area contributed by atoms with Crippen molar-refractivity contribution in [1.29, 1.82) is 0 Å². The molecule has 6 heteroatoms. The lowest BCUT2D eigenvalue weighted by molar-refractivity contribution is -0.147.